The predicted octanol–water partition coefficient (Wildman–Crippen LogP) is 2.51. The van der Waals surface area contributed by atoms with Gasteiger partial charge in [-0.1, -0.05) is 13.3 Å². The quantitative estimate of drug-likeness (QED) is 0.608. The Labute approximate surface area is 113 Å². The average molecular weight is 256 g/mol. The predicted molar refractivity (Wildman–Crippen MR) is 78.0 cm³/mol. The molecule has 108 valence electrons. The zero-order valence-electron chi connectivity index (χ0n) is 12.6. The lowest BCUT2D eigenvalue weighted by atomic mass is 9.99. The minimum atomic E-state index is 0.789. The average Bonchev–Trinajstić information content (AvgIpc) is 2.81. The van der Waals surface area contributed by atoms with Crippen molar-refractivity contribution in [2.75, 3.05) is 40.4 Å². The van der Waals surface area contributed by atoms with Crippen molar-refractivity contribution in [1.29, 1.82) is 0 Å². The summed E-state index contributed by atoms with van der Waals surface area (Å²) in [6, 6.07) is 0.789. The highest BCUT2D eigenvalue weighted by atomic mass is 16.5. The molecule has 0 amide bonds. The largest absolute Gasteiger partial charge is 0.385 e. The minimum Gasteiger partial charge on any atom is -0.385 e. The number of methoxy groups -OCH3 is 1. The molecule has 0 spiro atoms. The fraction of sp³-hybridized carbons (Fsp3) is 1.00. The van der Waals surface area contributed by atoms with Gasteiger partial charge in [0.1, 0.15) is 0 Å². The molecule has 18 heavy (non-hydrogen) atoms. The van der Waals surface area contributed by atoms with Crippen LogP contribution in [0.2, 0.25) is 0 Å². The third kappa shape index (κ3) is 6.17. The molecule has 3 heteroatoms. The van der Waals surface area contributed by atoms with Gasteiger partial charge in [0.2, 0.25) is 0 Å². The first-order chi connectivity index (χ1) is 8.77. The van der Waals surface area contributed by atoms with E-state index in [0.717, 1.165) is 31.5 Å². The number of nitrogens with zero attached hydrogens (tertiary/aromatic N) is 1. The van der Waals surface area contributed by atoms with Crippen LogP contribution in [0.1, 0.15) is 45.4 Å². The summed E-state index contributed by atoms with van der Waals surface area (Å²) in [4.78, 5) is 2.45. The van der Waals surface area contributed by atoms with Crippen LogP contribution in [-0.4, -0.2) is 51.3 Å². The molecule has 1 N–H and O–H groups in total. The summed E-state index contributed by atoms with van der Waals surface area (Å²) in [7, 11) is 4.02. The second-order valence-corrected chi connectivity index (χ2v) is 5.69. The fourth-order valence-electron chi connectivity index (χ4n) is 2.96. The Bertz CT molecular complexity index is 199. The van der Waals surface area contributed by atoms with Crippen LogP contribution in [0.25, 0.3) is 0 Å². The number of ether oxygens (including phenoxy) is 1. The van der Waals surface area contributed by atoms with Gasteiger partial charge >= 0.3 is 0 Å². The fourth-order valence-corrected chi connectivity index (χ4v) is 2.96. The van der Waals surface area contributed by atoms with Crippen LogP contribution in [0.3, 0.4) is 0 Å². The van der Waals surface area contributed by atoms with Gasteiger partial charge in [-0.3, -0.25) is 0 Å². The van der Waals surface area contributed by atoms with Gasteiger partial charge in [0.15, 0.2) is 0 Å². The van der Waals surface area contributed by atoms with E-state index in [1.807, 2.05) is 0 Å². The highest BCUT2D eigenvalue weighted by Gasteiger charge is 2.26. The summed E-state index contributed by atoms with van der Waals surface area (Å²) in [5, 5.41) is 3.72. The number of nitrogens with one attached hydrogen (secondary N) is 1. The van der Waals surface area contributed by atoms with Gasteiger partial charge in [0.25, 0.3) is 0 Å². The standard InChI is InChI=1S/C15H32N2O/c1-4-10-16-15-8-5-7-14(15)9-12-17(2)11-6-13-18-3/h14-16H,4-13H2,1-3H3. The summed E-state index contributed by atoms with van der Waals surface area (Å²) in [6.07, 6.45) is 7.98. The Morgan fingerprint density at radius 1 is 1.28 bits per heavy atom. The topological polar surface area (TPSA) is 24.5 Å². The van der Waals surface area contributed by atoms with Crippen molar-refractivity contribution in [2.24, 2.45) is 5.92 Å². The van der Waals surface area contributed by atoms with Gasteiger partial charge in [0, 0.05) is 26.3 Å². The normalized spacial score (nSPS) is 24.0. The van der Waals surface area contributed by atoms with E-state index in [1.165, 1.54) is 45.2 Å². The maximum Gasteiger partial charge on any atom is 0.0474 e. The van der Waals surface area contributed by atoms with Crippen LogP contribution >= 0.6 is 0 Å². The zero-order valence-corrected chi connectivity index (χ0v) is 12.6. The summed E-state index contributed by atoms with van der Waals surface area (Å²) >= 11 is 0. The van der Waals surface area contributed by atoms with E-state index in [1.54, 1.807) is 7.11 Å². The first kappa shape index (κ1) is 15.9. The van der Waals surface area contributed by atoms with Gasteiger partial charge in [-0.2, -0.15) is 0 Å². The van der Waals surface area contributed by atoms with Crippen LogP contribution in [0.4, 0.5) is 0 Å². The van der Waals surface area contributed by atoms with Crippen molar-refractivity contribution in [3.63, 3.8) is 0 Å². The van der Waals surface area contributed by atoms with Crippen LogP contribution < -0.4 is 5.32 Å². The third-order valence-electron chi connectivity index (χ3n) is 4.09. The van der Waals surface area contributed by atoms with Crippen LogP contribution in [0, 0.1) is 5.92 Å². The third-order valence-corrected chi connectivity index (χ3v) is 4.09. The molecule has 0 saturated heterocycles. The van der Waals surface area contributed by atoms with E-state index < -0.39 is 0 Å². The van der Waals surface area contributed by atoms with Crippen molar-refractivity contribution < 1.29 is 4.74 Å². The second kappa shape index (κ2) is 9.76. The lowest BCUT2D eigenvalue weighted by molar-refractivity contribution is 0.176. The molecule has 1 saturated carbocycles. The molecule has 1 fully saturated rings. The van der Waals surface area contributed by atoms with Crippen molar-refractivity contribution in [1.82, 2.24) is 10.2 Å². The minimum absolute atomic E-state index is 0.789. The van der Waals surface area contributed by atoms with E-state index in [2.05, 4.69) is 24.2 Å². The van der Waals surface area contributed by atoms with E-state index in [-0.39, 0.29) is 0 Å². The van der Waals surface area contributed by atoms with Crippen LogP contribution in [0.5, 0.6) is 0 Å². The molecule has 2 atom stereocenters. The smallest absolute Gasteiger partial charge is 0.0474 e. The number of hydrogen-bond acceptors (Lipinski definition) is 3. The van der Waals surface area contributed by atoms with Crippen molar-refractivity contribution in [3.8, 4) is 0 Å². The molecule has 1 rings (SSSR count). The molecule has 0 aromatic rings. The molecule has 1 aliphatic carbocycles. The van der Waals surface area contributed by atoms with Crippen LogP contribution in [0.15, 0.2) is 0 Å². The van der Waals surface area contributed by atoms with Gasteiger partial charge < -0.3 is 15.0 Å². The number of hydrogen-bond donors (Lipinski definition) is 1. The Hall–Kier alpha value is -0.120. The molecule has 1 aliphatic rings. The number of rotatable bonds is 10. The SMILES string of the molecule is CCCNC1CCCC1CCN(C)CCCOC. The molecule has 2 unspecified atom stereocenters. The van der Waals surface area contributed by atoms with Crippen molar-refractivity contribution in [3.05, 3.63) is 0 Å². The monoisotopic (exact) mass is 256 g/mol. The summed E-state index contributed by atoms with van der Waals surface area (Å²) in [5.41, 5.74) is 0. The van der Waals surface area contributed by atoms with E-state index in [9.17, 15) is 0 Å². The zero-order chi connectivity index (χ0) is 13.2. The maximum atomic E-state index is 5.09. The molecule has 0 aromatic carbocycles. The molecule has 0 radical (unpaired) electrons. The second-order valence-electron chi connectivity index (χ2n) is 5.69. The van der Waals surface area contributed by atoms with Gasteiger partial charge in [-0.05, 0) is 58.2 Å². The first-order valence-electron chi connectivity index (χ1n) is 7.68. The Morgan fingerprint density at radius 2 is 2.11 bits per heavy atom. The molecule has 0 bridgehead atoms. The lowest BCUT2D eigenvalue weighted by Gasteiger charge is -2.24. The van der Waals surface area contributed by atoms with Gasteiger partial charge in [0.05, 0.1) is 0 Å². The Morgan fingerprint density at radius 3 is 2.83 bits per heavy atom. The highest BCUT2D eigenvalue weighted by molar-refractivity contribution is 4.83. The van der Waals surface area contributed by atoms with Crippen LogP contribution in [-0.2, 0) is 4.74 Å². The van der Waals surface area contributed by atoms with Gasteiger partial charge in [-0.15, -0.1) is 0 Å². The summed E-state index contributed by atoms with van der Waals surface area (Å²) in [6.45, 7) is 6.71. The van der Waals surface area contributed by atoms with E-state index in [4.69, 9.17) is 4.74 Å². The first-order valence-corrected chi connectivity index (χ1v) is 7.68. The Balaban J connectivity index is 2.12. The molecule has 0 heterocycles. The molecule has 3 nitrogen and oxygen atoms in total. The van der Waals surface area contributed by atoms with Crippen molar-refractivity contribution in [2.45, 2.75) is 51.5 Å². The lowest BCUT2D eigenvalue weighted by Crippen LogP contribution is -2.34. The van der Waals surface area contributed by atoms with Gasteiger partial charge in [-0.25, -0.2) is 0 Å². The maximum absolute atomic E-state index is 5.09. The molecule has 0 aliphatic heterocycles. The Kier molecular flexibility index (Phi) is 8.64. The molecular weight excluding hydrogens is 224 g/mol. The molecule has 0 aromatic heterocycles. The highest BCUT2D eigenvalue weighted by Crippen LogP contribution is 2.28. The van der Waals surface area contributed by atoms with Crippen molar-refractivity contribution >= 4 is 0 Å². The van der Waals surface area contributed by atoms with E-state index in [0.29, 0.717) is 0 Å². The summed E-state index contributed by atoms with van der Waals surface area (Å²) < 4.78 is 5.09. The summed E-state index contributed by atoms with van der Waals surface area (Å²) in [5.74, 6) is 0.904. The molecular formula is C15H32N2O. The van der Waals surface area contributed by atoms with E-state index >= 15 is 0 Å².